The fourth-order valence-corrected chi connectivity index (χ4v) is 4.63. The third-order valence-electron chi connectivity index (χ3n) is 5.54. The van der Waals surface area contributed by atoms with Crippen LogP contribution in [0.5, 0.6) is 0 Å². The van der Waals surface area contributed by atoms with Crippen molar-refractivity contribution in [1.29, 1.82) is 0 Å². The van der Waals surface area contributed by atoms with Gasteiger partial charge < -0.3 is 4.84 Å². The van der Waals surface area contributed by atoms with Crippen LogP contribution >= 0.6 is 11.6 Å². The number of benzene rings is 2. The molecule has 3 aliphatic rings. The van der Waals surface area contributed by atoms with Gasteiger partial charge in [-0.2, -0.15) is 0 Å². The fraction of sp³-hybridized carbons (Fsp3) is 0.278. The molecule has 0 unspecified atom stereocenters. The van der Waals surface area contributed by atoms with Crippen LogP contribution in [-0.4, -0.2) is 23.8 Å². The molecule has 0 saturated carbocycles. The molecule has 0 aromatic heterocycles. The van der Waals surface area contributed by atoms with Gasteiger partial charge in [0.05, 0.1) is 23.7 Å². The van der Waals surface area contributed by atoms with Crippen LogP contribution in [0.1, 0.15) is 28.8 Å². The minimum absolute atomic E-state index is 0.151. The van der Waals surface area contributed by atoms with Gasteiger partial charge in [-0.05, 0) is 24.7 Å². The summed E-state index contributed by atoms with van der Waals surface area (Å²) in [7, 11) is 1.66. The topological polar surface area (TPSA) is 24.8 Å². The van der Waals surface area contributed by atoms with Crippen molar-refractivity contribution in [3.63, 3.8) is 0 Å². The van der Waals surface area contributed by atoms with E-state index in [2.05, 4.69) is 5.16 Å². The first-order chi connectivity index (χ1) is 12.4. The summed E-state index contributed by atoms with van der Waals surface area (Å²) < 4.78 is 56.4. The van der Waals surface area contributed by atoms with Crippen molar-refractivity contribution in [1.82, 2.24) is 4.90 Å². The summed E-state index contributed by atoms with van der Waals surface area (Å²) in [6.45, 7) is 0. The molecular weight excluding hydrogens is 372 g/mol. The van der Waals surface area contributed by atoms with E-state index in [4.69, 9.17) is 16.4 Å². The van der Waals surface area contributed by atoms with Crippen LogP contribution in [0, 0.1) is 29.2 Å². The predicted molar refractivity (Wildman–Crippen MR) is 85.9 cm³/mol. The van der Waals surface area contributed by atoms with Crippen LogP contribution in [0.2, 0.25) is 5.02 Å². The normalized spacial score (nSPS) is 28.8. The Hall–Kier alpha value is -2.12. The van der Waals surface area contributed by atoms with Gasteiger partial charge in [0.15, 0.2) is 29.4 Å². The van der Waals surface area contributed by atoms with Gasteiger partial charge in [0.2, 0.25) is 0 Å². The Kier molecular flexibility index (Phi) is 3.22. The van der Waals surface area contributed by atoms with Crippen molar-refractivity contribution in [3.8, 4) is 0 Å². The van der Waals surface area contributed by atoms with E-state index < -0.39 is 47.4 Å². The Morgan fingerprint density at radius 3 is 2.12 bits per heavy atom. The van der Waals surface area contributed by atoms with E-state index in [1.165, 1.54) is 0 Å². The molecule has 0 aliphatic carbocycles. The second kappa shape index (κ2) is 5.20. The Balaban J connectivity index is 1.67. The average Bonchev–Trinajstić information content (AvgIpc) is 3.26. The molecule has 0 N–H and O–H groups in total. The van der Waals surface area contributed by atoms with Crippen molar-refractivity contribution < 1.29 is 22.4 Å². The van der Waals surface area contributed by atoms with Crippen molar-refractivity contribution >= 4 is 17.3 Å². The molecular formula is C18H11ClF4N2O. The Labute approximate surface area is 150 Å². The summed E-state index contributed by atoms with van der Waals surface area (Å²) in [5.74, 6) is -6.71. The molecule has 4 atom stereocenters. The van der Waals surface area contributed by atoms with Gasteiger partial charge in [0, 0.05) is 16.1 Å². The van der Waals surface area contributed by atoms with Gasteiger partial charge in [-0.15, -0.1) is 0 Å². The van der Waals surface area contributed by atoms with Gasteiger partial charge in [0.1, 0.15) is 0 Å². The second-order valence-corrected chi connectivity index (χ2v) is 7.15. The van der Waals surface area contributed by atoms with E-state index in [0.29, 0.717) is 10.7 Å². The molecule has 5 rings (SSSR count). The lowest BCUT2D eigenvalue weighted by molar-refractivity contribution is 0.0424. The summed E-state index contributed by atoms with van der Waals surface area (Å²) in [6.07, 6.45) is -0.595. The molecule has 134 valence electrons. The molecule has 0 amide bonds. The Morgan fingerprint density at radius 2 is 1.50 bits per heavy atom. The quantitative estimate of drug-likeness (QED) is 0.416. The number of hydrogen-bond acceptors (Lipinski definition) is 3. The van der Waals surface area contributed by atoms with Gasteiger partial charge in [-0.3, -0.25) is 4.90 Å². The first-order valence-corrected chi connectivity index (χ1v) is 8.37. The smallest absolute Gasteiger partial charge is 0.197 e. The summed E-state index contributed by atoms with van der Waals surface area (Å²) >= 11 is 5.91. The van der Waals surface area contributed by atoms with Crippen LogP contribution in [-0.2, 0) is 4.84 Å². The number of nitrogens with zero attached hydrogens (tertiary/aromatic N) is 2. The fourth-order valence-electron chi connectivity index (χ4n) is 4.50. The first kappa shape index (κ1) is 16.1. The Morgan fingerprint density at radius 1 is 0.923 bits per heavy atom. The van der Waals surface area contributed by atoms with E-state index >= 15 is 0 Å². The molecule has 8 heteroatoms. The van der Waals surface area contributed by atoms with Gasteiger partial charge in [-0.25, -0.2) is 17.6 Å². The molecule has 3 nitrogen and oxygen atoms in total. The monoisotopic (exact) mass is 382 g/mol. The highest BCUT2D eigenvalue weighted by Gasteiger charge is 2.63. The second-order valence-electron chi connectivity index (χ2n) is 6.72. The van der Waals surface area contributed by atoms with Crippen molar-refractivity contribution in [2.24, 2.45) is 11.1 Å². The highest BCUT2D eigenvalue weighted by Crippen LogP contribution is 2.60. The lowest BCUT2D eigenvalue weighted by atomic mass is 9.77. The third kappa shape index (κ3) is 1.80. The zero-order chi connectivity index (χ0) is 18.3. The molecule has 3 aliphatic heterocycles. The summed E-state index contributed by atoms with van der Waals surface area (Å²) in [5, 5.41) is 4.64. The van der Waals surface area contributed by atoms with E-state index in [-0.39, 0.29) is 11.1 Å². The number of hydrogen-bond donors (Lipinski definition) is 0. The Bertz CT molecular complexity index is 978. The third-order valence-corrected chi connectivity index (χ3v) is 5.80. The van der Waals surface area contributed by atoms with Crippen LogP contribution in [0.4, 0.5) is 17.6 Å². The number of likely N-dealkylation sites (N-methyl/N-ethyl adjacent to an activating group) is 1. The molecule has 2 aromatic carbocycles. The maximum absolute atomic E-state index is 14.5. The van der Waals surface area contributed by atoms with Crippen LogP contribution in [0.3, 0.4) is 0 Å². The summed E-state index contributed by atoms with van der Waals surface area (Å²) in [6, 6.07) is 5.45. The SMILES string of the molecule is CN1[C@@H]2c3c(F)c(F)c(F)c(F)c3[C@H]1[C@@H]1C(c3ccc(Cl)cc3)=NO[C@@H]12. The summed E-state index contributed by atoms with van der Waals surface area (Å²) in [4.78, 5) is 7.20. The molecule has 2 bridgehead atoms. The van der Waals surface area contributed by atoms with Crippen LogP contribution in [0.15, 0.2) is 29.4 Å². The summed E-state index contributed by atoms with van der Waals surface area (Å²) in [5.41, 5.74) is 0.957. The molecule has 2 aromatic rings. The maximum Gasteiger partial charge on any atom is 0.197 e. The van der Waals surface area contributed by atoms with Gasteiger partial charge in [-0.1, -0.05) is 28.9 Å². The average molecular weight is 383 g/mol. The molecule has 1 fully saturated rings. The lowest BCUT2D eigenvalue weighted by Crippen LogP contribution is -2.31. The number of halogens is 5. The van der Waals surface area contributed by atoms with Gasteiger partial charge in [0.25, 0.3) is 0 Å². The predicted octanol–water partition coefficient (Wildman–Crippen LogP) is 4.36. The molecule has 0 radical (unpaired) electrons. The molecule has 3 heterocycles. The number of fused-ring (bicyclic) bond motifs is 8. The number of rotatable bonds is 1. The molecule has 26 heavy (non-hydrogen) atoms. The highest BCUT2D eigenvalue weighted by atomic mass is 35.5. The standard InChI is InChI=1S/C18H11ClF4N2O/c1-25-16-8-9(12(21)14(23)13(22)11(8)20)17(25)18-10(16)15(24-26-18)6-2-4-7(19)5-3-6/h2-5,10,16-18H,1H3/t10-,16-,17+,18-/m0/s1. The van der Waals surface area contributed by atoms with E-state index in [9.17, 15) is 17.6 Å². The zero-order valence-electron chi connectivity index (χ0n) is 13.3. The number of oxime groups is 1. The minimum atomic E-state index is -1.80. The zero-order valence-corrected chi connectivity index (χ0v) is 14.1. The van der Waals surface area contributed by atoms with E-state index in [1.807, 2.05) is 0 Å². The van der Waals surface area contributed by atoms with Crippen molar-refractivity contribution in [3.05, 3.63) is 69.2 Å². The lowest BCUT2D eigenvalue weighted by Gasteiger charge is -2.25. The van der Waals surface area contributed by atoms with Crippen LogP contribution in [0.25, 0.3) is 0 Å². The largest absolute Gasteiger partial charge is 0.389 e. The highest BCUT2D eigenvalue weighted by molar-refractivity contribution is 6.30. The maximum atomic E-state index is 14.5. The van der Waals surface area contributed by atoms with Gasteiger partial charge >= 0.3 is 0 Å². The van der Waals surface area contributed by atoms with Crippen molar-refractivity contribution in [2.75, 3.05) is 7.05 Å². The minimum Gasteiger partial charge on any atom is -0.389 e. The van der Waals surface area contributed by atoms with E-state index in [0.717, 1.165) is 5.56 Å². The molecule has 0 spiro atoms. The van der Waals surface area contributed by atoms with Crippen LogP contribution < -0.4 is 0 Å². The first-order valence-electron chi connectivity index (χ1n) is 7.99. The van der Waals surface area contributed by atoms with E-state index in [1.54, 1.807) is 36.2 Å². The van der Waals surface area contributed by atoms with Crippen molar-refractivity contribution in [2.45, 2.75) is 18.2 Å². The molecule has 1 saturated heterocycles.